The summed E-state index contributed by atoms with van der Waals surface area (Å²) in [4.78, 5) is 17.5. The number of unbranched alkanes of at least 4 members (excludes halogenated alkanes) is 2. The summed E-state index contributed by atoms with van der Waals surface area (Å²) in [6, 6.07) is 1.75. The normalized spacial score (nSPS) is 13.7. The second kappa shape index (κ2) is 7.93. The molecule has 0 aromatic rings. The molecule has 94 valence electrons. The molecule has 0 aromatic heterocycles. The first-order valence-corrected chi connectivity index (χ1v) is 8.03. The lowest BCUT2D eigenvalue weighted by molar-refractivity contribution is 0.353. The van der Waals surface area contributed by atoms with E-state index < -0.39 is 24.9 Å². The van der Waals surface area contributed by atoms with Crippen molar-refractivity contribution in [1.82, 2.24) is 4.31 Å². The SMILES string of the molecule is CCCCCS(=O)N(CC#N)CP(=O)(O)O. The highest BCUT2D eigenvalue weighted by Crippen LogP contribution is 2.35. The minimum atomic E-state index is -4.26. The summed E-state index contributed by atoms with van der Waals surface area (Å²) in [6.45, 7) is 1.77. The van der Waals surface area contributed by atoms with Crippen LogP contribution in [-0.4, -0.2) is 36.9 Å². The van der Waals surface area contributed by atoms with Crippen LogP contribution in [0.1, 0.15) is 26.2 Å². The zero-order valence-electron chi connectivity index (χ0n) is 9.20. The van der Waals surface area contributed by atoms with Gasteiger partial charge in [0.25, 0.3) is 0 Å². The average molecular weight is 268 g/mol. The van der Waals surface area contributed by atoms with Crippen molar-refractivity contribution in [3.05, 3.63) is 0 Å². The lowest BCUT2D eigenvalue weighted by Gasteiger charge is -2.18. The first kappa shape index (κ1) is 15.8. The molecule has 0 amide bonds. The van der Waals surface area contributed by atoms with E-state index in [1.807, 2.05) is 6.92 Å². The highest BCUT2D eigenvalue weighted by Gasteiger charge is 2.23. The van der Waals surface area contributed by atoms with Gasteiger partial charge in [0.15, 0.2) is 0 Å². The summed E-state index contributed by atoms with van der Waals surface area (Å²) in [5, 5.41) is 8.47. The number of hydrogen-bond acceptors (Lipinski definition) is 3. The zero-order valence-corrected chi connectivity index (χ0v) is 10.9. The molecule has 0 spiro atoms. The first-order chi connectivity index (χ1) is 7.40. The fraction of sp³-hybridized carbons (Fsp3) is 0.875. The summed E-state index contributed by atoms with van der Waals surface area (Å²) >= 11 is 0. The van der Waals surface area contributed by atoms with E-state index in [-0.39, 0.29) is 6.54 Å². The highest BCUT2D eigenvalue weighted by atomic mass is 32.2. The molecule has 2 N–H and O–H groups in total. The van der Waals surface area contributed by atoms with Crippen LogP contribution >= 0.6 is 7.60 Å². The molecule has 0 saturated carbocycles. The van der Waals surface area contributed by atoms with E-state index in [0.717, 1.165) is 23.6 Å². The van der Waals surface area contributed by atoms with Gasteiger partial charge in [-0.05, 0) is 6.42 Å². The van der Waals surface area contributed by atoms with Crippen molar-refractivity contribution in [3.8, 4) is 6.07 Å². The summed E-state index contributed by atoms with van der Waals surface area (Å²) in [6.07, 6.45) is 2.00. The van der Waals surface area contributed by atoms with Gasteiger partial charge in [-0.15, -0.1) is 0 Å². The van der Waals surface area contributed by atoms with Crippen LogP contribution in [0.3, 0.4) is 0 Å². The Morgan fingerprint density at radius 3 is 2.50 bits per heavy atom. The number of nitriles is 1. The van der Waals surface area contributed by atoms with Crippen molar-refractivity contribution in [3.63, 3.8) is 0 Å². The van der Waals surface area contributed by atoms with Crippen LogP contribution in [0.2, 0.25) is 0 Å². The van der Waals surface area contributed by atoms with E-state index in [1.165, 1.54) is 0 Å². The van der Waals surface area contributed by atoms with Gasteiger partial charge in [0.1, 0.15) is 6.29 Å². The van der Waals surface area contributed by atoms with Crippen molar-refractivity contribution in [1.29, 1.82) is 5.26 Å². The molecule has 0 heterocycles. The van der Waals surface area contributed by atoms with E-state index in [9.17, 15) is 8.77 Å². The Labute approximate surface area is 98.0 Å². The molecule has 0 saturated heterocycles. The quantitative estimate of drug-likeness (QED) is 0.385. The maximum Gasteiger partial charge on any atom is 0.340 e. The third kappa shape index (κ3) is 7.97. The Bertz CT molecular complexity index is 312. The van der Waals surface area contributed by atoms with Crippen LogP contribution in [0.15, 0.2) is 0 Å². The molecule has 0 rings (SSSR count). The largest absolute Gasteiger partial charge is 0.340 e. The molecule has 0 aliphatic rings. The minimum Gasteiger partial charge on any atom is -0.324 e. The van der Waals surface area contributed by atoms with E-state index in [1.54, 1.807) is 6.07 Å². The predicted octanol–water partition coefficient (Wildman–Crippen LogP) is 0.801. The van der Waals surface area contributed by atoms with E-state index in [0.29, 0.717) is 5.75 Å². The van der Waals surface area contributed by atoms with Crippen LogP contribution in [0.4, 0.5) is 0 Å². The third-order valence-corrected chi connectivity index (χ3v) is 4.17. The Balaban J connectivity index is 4.25. The van der Waals surface area contributed by atoms with Gasteiger partial charge in [-0.25, -0.2) is 4.21 Å². The summed E-state index contributed by atoms with van der Waals surface area (Å²) in [5.74, 6) is 0.343. The smallest absolute Gasteiger partial charge is 0.324 e. The van der Waals surface area contributed by atoms with Gasteiger partial charge in [-0.1, -0.05) is 19.8 Å². The molecule has 1 atom stereocenters. The van der Waals surface area contributed by atoms with Crippen LogP contribution < -0.4 is 0 Å². The van der Waals surface area contributed by atoms with Crippen molar-refractivity contribution in [2.24, 2.45) is 0 Å². The Morgan fingerprint density at radius 2 is 2.06 bits per heavy atom. The van der Waals surface area contributed by atoms with Crippen molar-refractivity contribution < 1.29 is 18.6 Å². The third-order valence-electron chi connectivity index (χ3n) is 1.80. The van der Waals surface area contributed by atoms with Gasteiger partial charge in [0.05, 0.1) is 23.6 Å². The standard InChI is InChI=1S/C8H17N2O4PS/c1-2-3-4-7-16(14)10(6-5-9)8-15(11,12)13/h2-4,6-8H2,1H3,(H2,11,12,13). The molecule has 6 nitrogen and oxygen atoms in total. The van der Waals surface area contributed by atoms with Gasteiger partial charge in [-0.3, -0.25) is 4.57 Å². The molecule has 16 heavy (non-hydrogen) atoms. The maximum absolute atomic E-state index is 11.6. The van der Waals surface area contributed by atoms with Crippen LogP contribution in [0.5, 0.6) is 0 Å². The second-order valence-electron chi connectivity index (χ2n) is 3.34. The molecule has 0 aliphatic heterocycles. The lowest BCUT2D eigenvalue weighted by atomic mass is 10.3. The monoisotopic (exact) mass is 268 g/mol. The highest BCUT2D eigenvalue weighted by molar-refractivity contribution is 7.82. The van der Waals surface area contributed by atoms with Crippen LogP contribution in [0, 0.1) is 11.3 Å². The van der Waals surface area contributed by atoms with E-state index >= 15 is 0 Å². The molecular formula is C8H17N2O4PS. The molecule has 8 heteroatoms. The molecule has 0 aliphatic carbocycles. The van der Waals surface area contributed by atoms with Gasteiger partial charge in [-0.2, -0.15) is 9.57 Å². The Kier molecular flexibility index (Phi) is 7.81. The zero-order chi connectivity index (χ0) is 12.6. The van der Waals surface area contributed by atoms with Crippen LogP contribution in [0.25, 0.3) is 0 Å². The van der Waals surface area contributed by atoms with Gasteiger partial charge in [0, 0.05) is 5.75 Å². The fourth-order valence-electron chi connectivity index (χ4n) is 1.08. The van der Waals surface area contributed by atoms with Gasteiger partial charge in [0.2, 0.25) is 0 Å². The van der Waals surface area contributed by atoms with E-state index in [4.69, 9.17) is 15.0 Å². The van der Waals surface area contributed by atoms with Crippen molar-refractivity contribution in [2.75, 3.05) is 18.6 Å². The maximum atomic E-state index is 11.6. The minimum absolute atomic E-state index is 0.232. The Morgan fingerprint density at radius 1 is 1.44 bits per heavy atom. The first-order valence-electron chi connectivity index (χ1n) is 4.95. The fourth-order valence-corrected chi connectivity index (χ4v) is 3.46. The topological polar surface area (TPSA) is 102 Å². The number of nitrogens with zero attached hydrogens (tertiary/aromatic N) is 2. The molecule has 0 fully saturated rings. The molecule has 0 aromatic carbocycles. The predicted molar refractivity (Wildman–Crippen MR) is 61.8 cm³/mol. The molecule has 0 radical (unpaired) electrons. The summed E-state index contributed by atoms with van der Waals surface area (Å²) in [5.41, 5.74) is 0. The summed E-state index contributed by atoms with van der Waals surface area (Å²) < 4.78 is 23.4. The molecule has 1 unspecified atom stereocenters. The number of hydrogen-bond donors (Lipinski definition) is 2. The van der Waals surface area contributed by atoms with Crippen molar-refractivity contribution in [2.45, 2.75) is 26.2 Å². The lowest BCUT2D eigenvalue weighted by Crippen LogP contribution is -2.29. The summed E-state index contributed by atoms with van der Waals surface area (Å²) in [7, 11) is -5.75. The number of rotatable bonds is 8. The Hall–Kier alpha value is -0.250. The second-order valence-corrected chi connectivity index (χ2v) is 6.52. The van der Waals surface area contributed by atoms with Gasteiger partial charge < -0.3 is 9.79 Å². The average Bonchev–Trinajstić information content (AvgIpc) is 2.15. The van der Waals surface area contributed by atoms with Gasteiger partial charge >= 0.3 is 7.60 Å². The molecule has 0 bridgehead atoms. The molecular weight excluding hydrogens is 251 g/mol. The van der Waals surface area contributed by atoms with Crippen LogP contribution in [-0.2, 0) is 15.6 Å². The van der Waals surface area contributed by atoms with Crippen molar-refractivity contribution >= 4 is 18.6 Å². The van der Waals surface area contributed by atoms with E-state index in [2.05, 4.69) is 0 Å².